The third kappa shape index (κ3) is 2.40. The van der Waals surface area contributed by atoms with E-state index in [0.29, 0.717) is 5.92 Å². The summed E-state index contributed by atoms with van der Waals surface area (Å²) in [5.74, 6) is 0.568. The zero-order chi connectivity index (χ0) is 19.4. The minimum atomic E-state index is 0.568. The highest BCUT2D eigenvalue weighted by Crippen LogP contribution is 2.45. The van der Waals surface area contributed by atoms with E-state index < -0.39 is 0 Å². The molecule has 29 heavy (non-hydrogen) atoms. The maximum absolute atomic E-state index is 2.53. The Kier molecular flexibility index (Phi) is 3.64. The molecule has 1 nitrogen and oxygen atoms in total. The second-order valence-electron chi connectivity index (χ2n) is 8.20. The quantitative estimate of drug-likeness (QED) is 0.287. The van der Waals surface area contributed by atoms with Crippen molar-refractivity contribution in [3.63, 3.8) is 0 Å². The van der Waals surface area contributed by atoms with Gasteiger partial charge in [-0.15, -0.1) is 0 Å². The number of nitrogens with zero attached hydrogens (tertiary/aromatic N) is 1. The lowest BCUT2D eigenvalue weighted by atomic mass is 9.92. The Bertz CT molecular complexity index is 1360. The van der Waals surface area contributed by atoms with Crippen LogP contribution in [0.15, 0.2) is 91.0 Å². The number of para-hydroxylation sites is 1. The monoisotopic (exact) mass is 373 g/mol. The molecule has 1 unspecified atom stereocenters. The summed E-state index contributed by atoms with van der Waals surface area (Å²) in [6.45, 7) is 2.37. The van der Waals surface area contributed by atoms with Crippen molar-refractivity contribution in [3.8, 4) is 16.8 Å². The summed E-state index contributed by atoms with van der Waals surface area (Å²) >= 11 is 0. The molecule has 5 aromatic rings. The van der Waals surface area contributed by atoms with Gasteiger partial charge in [-0.2, -0.15) is 0 Å². The zero-order valence-corrected chi connectivity index (χ0v) is 16.6. The Morgan fingerprint density at radius 2 is 1.48 bits per heavy atom. The molecule has 1 atom stereocenters. The topological polar surface area (TPSA) is 4.93 Å². The molecule has 0 saturated heterocycles. The maximum atomic E-state index is 2.53. The van der Waals surface area contributed by atoms with Crippen molar-refractivity contribution in [1.29, 1.82) is 0 Å². The molecule has 4 aromatic carbocycles. The summed E-state index contributed by atoms with van der Waals surface area (Å²) in [5, 5.41) is 3.99. The van der Waals surface area contributed by atoms with Crippen LogP contribution in [0.3, 0.4) is 0 Å². The first kappa shape index (κ1) is 16.6. The van der Waals surface area contributed by atoms with Crippen molar-refractivity contribution < 1.29 is 0 Å². The van der Waals surface area contributed by atoms with Gasteiger partial charge < -0.3 is 4.57 Å². The Balaban J connectivity index is 1.84. The molecule has 1 heterocycles. The van der Waals surface area contributed by atoms with Crippen LogP contribution in [0.25, 0.3) is 38.5 Å². The smallest absolute Gasteiger partial charge is 0.0616 e. The van der Waals surface area contributed by atoms with Crippen molar-refractivity contribution in [2.24, 2.45) is 0 Å². The van der Waals surface area contributed by atoms with Crippen LogP contribution < -0.4 is 0 Å². The van der Waals surface area contributed by atoms with E-state index in [9.17, 15) is 0 Å². The van der Waals surface area contributed by atoms with Gasteiger partial charge in [0.1, 0.15) is 0 Å². The maximum Gasteiger partial charge on any atom is 0.0616 e. The van der Waals surface area contributed by atoms with E-state index in [4.69, 9.17) is 0 Å². The van der Waals surface area contributed by atoms with Crippen LogP contribution in [0.4, 0.5) is 0 Å². The third-order valence-corrected chi connectivity index (χ3v) is 6.54. The molecule has 0 bridgehead atoms. The third-order valence-electron chi connectivity index (χ3n) is 6.54. The van der Waals surface area contributed by atoms with Gasteiger partial charge in [-0.3, -0.25) is 0 Å². The first-order chi connectivity index (χ1) is 14.3. The van der Waals surface area contributed by atoms with Crippen molar-refractivity contribution in [2.75, 3.05) is 0 Å². The second-order valence-corrected chi connectivity index (χ2v) is 8.20. The molecule has 1 aromatic heterocycles. The van der Waals surface area contributed by atoms with Gasteiger partial charge in [0.25, 0.3) is 0 Å². The van der Waals surface area contributed by atoms with E-state index in [0.717, 1.165) is 6.42 Å². The summed E-state index contributed by atoms with van der Waals surface area (Å²) < 4.78 is 2.53. The van der Waals surface area contributed by atoms with Gasteiger partial charge in [0.05, 0.1) is 5.52 Å². The van der Waals surface area contributed by atoms with Crippen LogP contribution in [-0.2, 0) is 6.42 Å². The number of hydrogen-bond donors (Lipinski definition) is 0. The van der Waals surface area contributed by atoms with E-state index >= 15 is 0 Å². The fraction of sp³-hybridized carbons (Fsp3) is 0.143. The Morgan fingerprint density at radius 1 is 0.724 bits per heavy atom. The predicted octanol–water partition coefficient (Wildman–Crippen LogP) is 7.50. The standard InChI is InChI=1S/C28H23N/c1-19-15-18-26-27(24-14-8-7-12-22(19)24)25-17-16-20-9-5-6-13-23(20)28(25)29(26)21-10-3-2-4-11-21/h2-14,16-17,19H,15,18H2,1H3. The molecule has 0 fully saturated rings. The van der Waals surface area contributed by atoms with E-state index in [-0.39, 0.29) is 0 Å². The molecule has 1 aliphatic rings. The molecule has 0 amide bonds. The first-order valence-electron chi connectivity index (χ1n) is 10.5. The van der Waals surface area contributed by atoms with Gasteiger partial charge in [0.15, 0.2) is 0 Å². The Labute approximate surface area is 171 Å². The summed E-state index contributed by atoms with van der Waals surface area (Å²) in [7, 11) is 0. The van der Waals surface area contributed by atoms with Crippen LogP contribution in [0, 0.1) is 0 Å². The van der Waals surface area contributed by atoms with Gasteiger partial charge in [-0.25, -0.2) is 0 Å². The zero-order valence-electron chi connectivity index (χ0n) is 16.6. The van der Waals surface area contributed by atoms with Gasteiger partial charge in [-0.1, -0.05) is 85.8 Å². The molecular formula is C28H23N. The van der Waals surface area contributed by atoms with Crippen molar-refractivity contribution in [2.45, 2.75) is 25.7 Å². The van der Waals surface area contributed by atoms with E-state index in [2.05, 4.69) is 102 Å². The number of fused-ring (bicyclic) bond motifs is 7. The number of aromatic nitrogens is 1. The summed E-state index contributed by atoms with van der Waals surface area (Å²) in [6, 6.07) is 33.3. The molecule has 1 aliphatic carbocycles. The lowest BCUT2D eigenvalue weighted by Gasteiger charge is -2.14. The molecular weight excluding hydrogens is 350 g/mol. The summed E-state index contributed by atoms with van der Waals surface area (Å²) in [5.41, 5.74) is 8.34. The summed E-state index contributed by atoms with van der Waals surface area (Å²) in [6.07, 6.45) is 2.26. The van der Waals surface area contributed by atoms with Crippen LogP contribution in [-0.4, -0.2) is 4.57 Å². The average molecular weight is 373 g/mol. The van der Waals surface area contributed by atoms with Gasteiger partial charge in [0, 0.05) is 27.7 Å². The van der Waals surface area contributed by atoms with Crippen LogP contribution in [0.5, 0.6) is 0 Å². The highest BCUT2D eigenvalue weighted by atomic mass is 15.0. The normalized spacial score (nSPS) is 15.8. The molecule has 140 valence electrons. The van der Waals surface area contributed by atoms with E-state index in [1.165, 1.54) is 56.2 Å². The van der Waals surface area contributed by atoms with Crippen molar-refractivity contribution >= 4 is 21.7 Å². The number of hydrogen-bond acceptors (Lipinski definition) is 0. The predicted molar refractivity (Wildman–Crippen MR) is 123 cm³/mol. The van der Waals surface area contributed by atoms with E-state index in [1.54, 1.807) is 0 Å². The highest BCUT2D eigenvalue weighted by molar-refractivity contribution is 6.13. The molecule has 0 radical (unpaired) electrons. The molecule has 0 aliphatic heterocycles. The minimum absolute atomic E-state index is 0.568. The molecule has 6 rings (SSSR count). The van der Waals surface area contributed by atoms with Gasteiger partial charge in [0.2, 0.25) is 0 Å². The highest BCUT2D eigenvalue weighted by Gasteiger charge is 2.26. The average Bonchev–Trinajstić information content (AvgIpc) is 3.04. The second kappa shape index (κ2) is 6.35. The van der Waals surface area contributed by atoms with E-state index in [1.807, 2.05) is 0 Å². The Morgan fingerprint density at radius 3 is 2.38 bits per heavy atom. The van der Waals surface area contributed by atoms with Crippen LogP contribution >= 0.6 is 0 Å². The largest absolute Gasteiger partial charge is 0.312 e. The fourth-order valence-corrected chi connectivity index (χ4v) is 5.16. The molecule has 0 saturated carbocycles. The lowest BCUT2D eigenvalue weighted by molar-refractivity contribution is 0.676. The van der Waals surface area contributed by atoms with Gasteiger partial charge >= 0.3 is 0 Å². The summed E-state index contributed by atoms with van der Waals surface area (Å²) in [4.78, 5) is 0. The van der Waals surface area contributed by atoms with Crippen molar-refractivity contribution in [1.82, 2.24) is 4.57 Å². The molecule has 0 spiro atoms. The fourth-order valence-electron chi connectivity index (χ4n) is 5.16. The Hall–Kier alpha value is -3.32. The first-order valence-corrected chi connectivity index (χ1v) is 10.5. The number of benzene rings is 4. The van der Waals surface area contributed by atoms with Crippen LogP contribution in [0.1, 0.15) is 30.5 Å². The lowest BCUT2D eigenvalue weighted by Crippen LogP contribution is -2.01. The van der Waals surface area contributed by atoms with Crippen molar-refractivity contribution in [3.05, 3.63) is 102 Å². The minimum Gasteiger partial charge on any atom is -0.312 e. The van der Waals surface area contributed by atoms with Gasteiger partial charge in [-0.05, 0) is 47.4 Å². The molecule has 0 N–H and O–H groups in total. The SMILES string of the molecule is CC1CCc2c(c3ccc4ccccc4c3n2-c2ccccc2)-c2ccccc21. The van der Waals surface area contributed by atoms with Crippen LogP contribution in [0.2, 0.25) is 0 Å². The number of rotatable bonds is 1. The molecule has 1 heteroatoms.